The van der Waals surface area contributed by atoms with E-state index in [4.69, 9.17) is 13.6 Å². The number of hydrogen-bond acceptors (Lipinski definition) is 6. The molecule has 0 radical (unpaired) electrons. The molecule has 2 N–H and O–H groups in total. The second kappa shape index (κ2) is 6.00. The molecule has 7 nitrogen and oxygen atoms in total. The van der Waals surface area contributed by atoms with Crippen LogP contribution in [0.15, 0.2) is 24.5 Å². The van der Waals surface area contributed by atoms with Crippen molar-refractivity contribution in [2.75, 3.05) is 32.0 Å². The molecule has 7 aliphatic rings. The molecule has 8 rings (SSSR count). The van der Waals surface area contributed by atoms with Crippen LogP contribution in [0.4, 0.5) is 5.69 Å². The Morgan fingerprint density at radius 1 is 1.26 bits per heavy atom. The highest BCUT2D eigenvalue weighted by molar-refractivity contribution is 5.92. The number of piperidine rings is 2. The molecule has 5 atom stereocenters. The van der Waals surface area contributed by atoms with Gasteiger partial charge in [-0.3, -0.25) is 9.69 Å². The second-order valence-corrected chi connectivity index (χ2v) is 12.9. The van der Waals surface area contributed by atoms with E-state index in [9.17, 15) is 9.90 Å². The van der Waals surface area contributed by atoms with Gasteiger partial charge in [0.05, 0.1) is 23.1 Å². The first-order valence-electron chi connectivity index (χ1n) is 14.3. The lowest BCUT2D eigenvalue weighted by atomic mass is 9.55. The van der Waals surface area contributed by atoms with Gasteiger partial charge in [-0.05, 0) is 69.0 Å². The minimum absolute atomic E-state index is 0.00322. The molecular weight excluding hydrogens is 442 g/mol. The lowest BCUT2D eigenvalue weighted by molar-refractivity contribution is -0.206. The highest BCUT2D eigenvalue weighted by Gasteiger charge is 2.80. The van der Waals surface area contributed by atoms with E-state index in [2.05, 4.69) is 25.2 Å². The summed E-state index contributed by atoms with van der Waals surface area (Å²) < 4.78 is 37.2. The van der Waals surface area contributed by atoms with Crippen molar-refractivity contribution in [3.8, 4) is 11.5 Å². The zero-order valence-electron chi connectivity index (χ0n) is 24.2. The number of fused-ring (bicyclic) bond motifs is 5. The zero-order chi connectivity index (χ0) is 27.3. The van der Waals surface area contributed by atoms with Crippen LogP contribution in [0.5, 0.6) is 11.5 Å². The Balaban J connectivity index is 1.38. The number of benzene rings is 1. The molecule has 1 aromatic carbocycles. The Kier molecular flexibility index (Phi) is 3.25. The van der Waals surface area contributed by atoms with E-state index in [-0.39, 0.29) is 29.1 Å². The number of nitrogens with one attached hydrogen (secondary N) is 1. The third-order valence-electron chi connectivity index (χ3n) is 10.9. The molecule has 3 spiro atoms. The van der Waals surface area contributed by atoms with E-state index in [0.717, 1.165) is 17.7 Å². The third kappa shape index (κ3) is 2.21. The van der Waals surface area contributed by atoms with Gasteiger partial charge >= 0.3 is 0 Å². The predicted molar refractivity (Wildman–Crippen MR) is 133 cm³/mol. The standard InChI is InChI=1S/C28H37N3O4/c1-23(2)10-12-34-21-18(35-23)8-7-17-20(21)29-15-26(17)14-27-16-31-11-9-25(5,33)28(31,22(32)30(27)6)13-19(27)24(26,3)4/h7-8,10,12,19,29,33H,9,11,13-16H2,1-6H3/t19-,25-,26-,27+,28-/m0/s1/i5D3. The molecule has 2 bridgehead atoms. The summed E-state index contributed by atoms with van der Waals surface area (Å²) in [6.07, 6.45) is 4.76. The van der Waals surface area contributed by atoms with Crippen LogP contribution in [0.3, 0.4) is 0 Å². The molecule has 1 aliphatic carbocycles. The van der Waals surface area contributed by atoms with Crippen LogP contribution in [0.25, 0.3) is 0 Å². The number of carbonyl (C=O) groups is 1. The Labute approximate surface area is 211 Å². The fraction of sp³-hybridized carbons (Fsp3) is 0.679. The molecule has 1 saturated carbocycles. The van der Waals surface area contributed by atoms with Crippen LogP contribution in [-0.2, 0) is 10.2 Å². The third-order valence-corrected chi connectivity index (χ3v) is 10.9. The Hall–Kier alpha value is -2.25. The monoisotopic (exact) mass is 482 g/mol. The SMILES string of the molecule is [2H]C([2H])([2H])[C@]1(O)CCN2C[C@]34C[C@@]5(CNc6c5ccc5c6OC=CC(C)(C)O5)C(C)(C)[C@@H]3C[C@@]21C(=O)N4C. The molecule has 4 saturated heterocycles. The lowest BCUT2D eigenvalue weighted by Gasteiger charge is -2.65. The second-order valence-electron chi connectivity index (χ2n) is 12.9. The molecule has 5 fully saturated rings. The molecule has 7 heteroatoms. The largest absolute Gasteiger partial charge is 0.480 e. The smallest absolute Gasteiger partial charge is 0.246 e. The van der Waals surface area contributed by atoms with Gasteiger partial charge in [-0.25, -0.2) is 0 Å². The van der Waals surface area contributed by atoms with Crippen LogP contribution in [0, 0.1) is 11.3 Å². The summed E-state index contributed by atoms with van der Waals surface area (Å²) in [7, 11) is 1.82. The van der Waals surface area contributed by atoms with Gasteiger partial charge in [0.2, 0.25) is 5.91 Å². The number of amides is 1. The summed E-state index contributed by atoms with van der Waals surface area (Å²) in [5.74, 6) is 1.11. The van der Waals surface area contributed by atoms with E-state index in [1.807, 2.05) is 42.8 Å². The van der Waals surface area contributed by atoms with Crippen molar-refractivity contribution in [2.45, 2.75) is 81.5 Å². The van der Waals surface area contributed by atoms with Gasteiger partial charge in [-0.1, -0.05) is 19.9 Å². The van der Waals surface area contributed by atoms with Gasteiger partial charge in [-0.2, -0.15) is 0 Å². The minimum atomic E-state index is -2.66. The summed E-state index contributed by atoms with van der Waals surface area (Å²) in [5, 5.41) is 15.4. The summed E-state index contributed by atoms with van der Waals surface area (Å²) in [6.45, 7) is 7.50. The van der Waals surface area contributed by atoms with E-state index in [0.29, 0.717) is 37.6 Å². The maximum atomic E-state index is 14.2. The van der Waals surface area contributed by atoms with Crippen molar-refractivity contribution in [2.24, 2.45) is 11.3 Å². The summed E-state index contributed by atoms with van der Waals surface area (Å²) >= 11 is 0. The van der Waals surface area contributed by atoms with Gasteiger partial charge in [0.15, 0.2) is 11.5 Å². The number of aliphatic hydroxyl groups is 1. The molecule has 1 amide bonds. The Morgan fingerprint density at radius 2 is 2.06 bits per heavy atom. The van der Waals surface area contributed by atoms with Crippen molar-refractivity contribution in [3.05, 3.63) is 30.0 Å². The van der Waals surface area contributed by atoms with Crippen LogP contribution in [0.1, 0.15) is 63.5 Å². The van der Waals surface area contributed by atoms with Crippen LogP contribution < -0.4 is 14.8 Å². The highest BCUT2D eigenvalue weighted by atomic mass is 16.5. The molecular formula is C28H37N3O4. The normalized spacial score (nSPS) is 45.3. The fourth-order valence-electron chi connectivity index (χ4n) is 8.91. The number of hydrogen-bond donors (Lipinski definition) is 2. The first-order valence-corrected chi connectivity index (χ1v) is 12.8. The van der Waals surface area contributed by atoms with E-state index >= 15 is 0 Å². The summed E-state index contributed by atoms with van der Waals surface area (Å²) in [6, 6.07) is 4.13. The van der Waals surface area contributed by atoms with Crippen molar-refractivity contribution < 1.29 is 23.5 Å². The van der Waals surface area contributed by atoms with E-state index in [1.165, 1.54) is 0 Å². The number of rotatable bonds is 0. The van der Waals surface area contributed by atoms with Crippen molar-refractivity contribution in [1.29, 1.82) is 0 Å². The van der Waals surface area contributed by atoms with Gasteiger partial charge < -0.3 is 24.8 Å². The number of nitrogens with zero attached hydrogens (tertiary/aromatic N) is 2. The predicted octanol–water partition coefficient (Wildman–Crippen LogP) is 3.27. The topological polar surface area (TPSA) is 74.3 Å². The Morgan fingerprint density at radius 3 is 2.83 bits per heavy atom. The van der Waals surface area contributed by atoms with E-state index in [1.54, 1.807) is 6.26 Å². The zero-order valence-corrected chi connectivity index (χ0v) is 21.2. The van der Waals surface area contributed by atoms with Gasteiger partial charge in [-0.15, -0.1) is 0 Å². The van der Waals surface area contributed by atoms with Crippen LogP contribution >= 0.6 is 0 Å². The maximum Gasteiger partial charge on any atom is 0.246 e. The minimum Gasteiger partial charge on any atom is -0.480 e. The number of piperazine rings is 1. The van der Waals surface area contributed by atoms with Crippen molar-refractivity contribution in [3.63, 3.8) is 0 Å². The quantitative estimate of drug-likeness (QED) is 0.591. The molecule has 6 heterocycles. The molecule has 0 unspecified atom stereocenters. The van der Waals surface area contributed by atoms with Crippen LogP contribution in [0.2, 0.25) is 0 Å². The molecule has 0 aromatic heterocycles. The first-order chi connectivity index (χ1) is 17.6. The first kappa shape index (κ1) is 18.9. The highest BCUT2D eigenvalue weighted by Crippen LogP contribution is 2.72. The van der Waals surface area contributed by atoms with Gasteiger partial charge in [0.1, 0.15) is 11.1 Å². The molecule has 1 aromatic rings. The van der Waals surface area contributed by atoms with Gasteiger partial charge in [0, 0.05) is 36.2 Å². The fourth-order valence-corrected chi connectivity index (χ4v) is 8.91. The summed E-state index contributed by atoms with van der Waals surface area (Å²) in [5.41, 5.74) is -3.03. The molecule has 35 heavy (non-hydrogen) atoms. The molecule has 188 valence electrons. The van der Waals surface area contributed by atoms with Gasteiger partial charge in [0.25, 0.3) is 0 Å². The van der Waals surface area contributed by atoms with Crippen molar-refractivity contribution in [1.82, 2.24) is 9.80 Å². The maximum absolute atomic E-state index is 14.2. The van der Waals surface area contributed by atoms with Crippen molar-refractivity contribution >= 4 is 11.6 Å². The molecule has 6 aliphatic heterocycles. The average molecular weight is 483 g/mol. The van der Waals surface area contributed by atoms with E-state index < -0.39 is 29.1 Å². The lowest BCUT2D eigenvalue weighted by Crippen LogP contribution is -2.82. The van der Waals surface area contributed by atoms with Crippen LogP contribution in [-0.4, -0.2) is 69.8 Å². The summed E-state index contributed by atoms with van der Waals surface area (Å²) in [4.78, 5) is 18.0. The number of anilines is 1. The Bertz CT molecular complexity index is 1310. The number of ether oxygens (including phenoxy) is 2. The number of carbonyl (C=O) groups excluding carboxylic acids is 1. The average Bonchev–Trinajstić information content (AvgIpc) is 3.36. The number of likely N-dealkylation sites (N-methyl/N-ethyl adjacent to an activating group) is 1.